The molecule has 0 spiro atoms. The highest BCUT2D eigenvalue weighted by Crippen LogP contribution is 2.32. The molecule has 0 saturated carbocycles. The Morgan fingerprint density at radius 3 is 2.71 bits per heavy atom. The zero-order chi connectivity index (χ0) is 17.1. The molecule has 2 heterocycles. The summed E-state index contributed by atoms with van der Waals surface area (Å²) in [6.07, 6.45) is 3.77. The van der Waals surface area contributed by atoms with Gasteiger partial charge in [-0.15, -0.1) is 0 Å². The second-order valence-corrected chi connectivity index (χ2v) is 6.15. The number of nitrogens with one attached hydrogen (secondary N) is 2. The van der Waals surface area contributed by atoms with Crippen LogP contribution in [0.2, 0.25) is 0 Å². The summed E-state index contributed by atoms with van der Waals surface area (Å²) in [6, 6.07) is 8.58. The second kappa shape index (κ2) is 6.86. The first-order valence-corrected chi connectivity index (χ1v) is 8.17. The van der Waals surface area contributed by atoms with E-state index in [0.29, 0.717) is 25.8 Å². The highest BCUT2D eigenvalue weighted by Gasteiger charge is 2.42. The summed E-state index contributed by atoms with van der Waals surface area (Å²) >= 11 is 0. The monoisotopic (exact) mass is 327 g/mol. The van der Waals surface area contributed by atoms with E-state index in [4.69, 9.17) is 0 Å². The minimum atomic E-state index is -0.575. The molecule has 1 aromatic carbocycles. The van der Waals surface area contributed by atoms with E-state index in [2.05, 4.69) is 10.6 Å². The van der Waals surface area contributed by atoms with Crippen LogP contribution < -0.4 is 10.6 Å². The van der Waals surface area contributed by atoms with Gasteiger partial charge < -0.3 is 15.5 Å². The number of nitrogens with zero attached hydrogens (tertiary/aromatic N) is 1. The van der Waals surface area contributed by atoms with Gasteiger partial charge in [-0.05, 0) is 24.8 Å². The highest BCUT2D eigenvalue weighted by molar-refractivity contribution is 5.94. The number of amides is 3. The Balaban J connectivity index is 1.67. The van der Waals surface area contributed by atoms with Crippen LogP contribution in [0.1, 0.15) is 31.7 Å². The first-order chi connectivity index (χ1) is 11.6. The molecule has 3 amide bonds. The Morgan fingerprint density at radius 1 is 1.25 bits per heavy atom. The van der Waals surface area contributed by atoms with Crippen molar-refractivity contribution in [3.8, 4) is 0 Å². The summed E-state index contributed by atoms with van der Waals surface area (Å²) in [4.78, 5) is 38.0. The SMILES string of the molecule is CC(=O)NC1CC=C2CCC(C(=O)NCc3ccccc3)N2C1=O. The zero-order valence-electron chi connectivity index (χ0n) is 13.6. The quantitative estimate of drug-likeness (QED) is 0.869. The van der Waals surface area contributed by atoms with E-state index in [0.717, 1.165) is 11.3 Å². The minimum Gasteiger partial charge on any atom is -0.350 e. The number of hydrogen-bond acceptors (Lipinski definition) is 3. The summed E-state index contributed by atoms with van der Waals surface area (Å²) in [5.74, 6) is -0.589. The lowest BCUT2D eigenvalue weighted by Gasteiger charge is -2.32. The smallest absolute Gasteiger partial charge is 0.250 e. The van der Waals surface area contributed by atoms with Crippen molar-refractivity contribution in [1.29, 1.82) is 0 Å². The lowest BCUT2D eigenvalue weighted by atomic mass is 10.1. The molecule has 126 valence electrons. The topological polar surface area (TPSA) is 78.5 Å². The zero-order valence-corrected chi connectivity index (χ0v) is 13.6. The van der Waals surface area contributed by atoms with E-state index < -0.39 is 12.1 Å². The van der Waals surface area contributed by atoms with Gasteiger partial charge in [0.15, 0.2) is 0 Å². The van der Waals surface area contributed by atoms with Gasteiger partial charge in [-0.25, -0.2) is 0 Å². The van der Waals surface area contributed by atoms with Crippen molar-refractivity contribution >= 4 is 17.7 Å². The second-order valence-electron chi connectivity index (χ2n) is 6.15. The fourth-order valence-corrected chi connectivity index (χ4v) is 3.27. The third-order valence-electron chi connectivity index (χ3n) is 4.41. The van der Waals surface area contributed by atoms with Crippen LogP contribution in [0.4, 0.5) is 0 Å². The summed E-state index contributed by atoms with van der Waals surface area (Å²) < 4.78 is 0. The van der Waals surface area contributed by atoms with Crippen LogP contribution in [-0.4, -0.2) is 34.7 Å². The molecule has 2 aliphatic rings. The maximum Gasteiger partial charge on any atom is 0.250 e. The molecule has 0 radical (unpaired) electrons. The molecule has 0 aliphatic carbocycles. The van der Waals surface area contributed by atoms with Crippen LogP contribution in [0, 0.1) is 0 Å². The van der Waals surface area contributed by atoms with Crippen molar-refractivity contribution in [2.45, 2.75) is 44.8 Å². The van der Waals surface area contributed by atoms with Crippen molar-refractivity contribution in [2.24, 2.45) is 0 Å². The van der Waals surface area contributed by atoms with Crippen LogP contribution in [0.3, 0.4) is 0 Å². The van der Waals surface area contributed by atoms with Gasteiger partial charge in [-0.2, -0.15) is 0 Å². The minimum absolute atomic E-state index is 0.154. The van der Waals surface area contributed by atoms with Gasteiger partial charge in [0.2, 0.25) is 17.7 Å². The average molecular weight is 327 g/mol. The molecule has 2 atom stereocenters. The van der Waals surface area contributed by atoms with E-state index in [1.807, 2.05) is 36.4 Å². The van der Waals surface area contributed by atoms with E-state index in [-0.39, 0.29) is 17.7 Å². The largest absolute Gasteiger partial charge is 0.350 e. The maximum absolute atomic E-state index is 12.6. The van der Waals surface area contributed by atoms with Gasteiger partial charge in [0, 0.05) is 19.2 Å². The summed E-state index contributed by atoms with van der Waals surface area (Å²) in [6.45, 7) is 1.83. The molecule has 2 unspecified atom stereocenters. The lowest BCUT2D eigenvalue weighted by Crippen LogP contribution is -2.54. The van der Waals surface area contributed by atoms with Crippen LogP contribution in [-0.2, 0) is 20.9 Å². The molecule has 2 N–H and O–H groups in total. The molecule has 3 rings (SSSR count). The molecular formula is C18H21N3O3. The molecule has 6 nitrogen and oxygen atoms in total. The molecule has 2 aliphatic heterocycles. The van der Waals surface area contributed by atoms with Gasteiger partial charge in [-0.1, -0.05) is 36.4 Å². The molecule has 0 aromatic heterocycles. The van der Waals surface area contributed by atoms with Gasteiger partial charge in [0.1, 0.15) is 12.1 Å². The summed E-state index contributed by atoms with van der Waals surface area (Å²) in [7, 11) is 0. The third kappa shape index (κ3) is 3.32. The fourth-order valence-electron chi connectivity index (χ4n) is 3.27. The van der Waals surface area contributed by atoms with Crippen LogP contribution >= 0.6 is 0 Å². The molecule has 24 heavy (non-hydrogen) atoms. The summed E-state index contributed by atoms with van der Waals surface area (Å²) in [5, 5.41) is 5.56. The van der Waals surface area contributed by atoms with Crippen molar-refractivity contribution in [3.05, 3.63) is 47.7 Å². The number of benzene rings is 1. The molecule has 6 heteroatoms. The van der Waals surface area contributed by atoms with Crippen molar-refractivity contribution in [3.63, 3.8) is 0 Å². The summed E-state index contributed by atoms with van der Waals surface area (Å²) in [5.41, 5.74) is 1.90. The predicted molar refractivity (Wildman–Crippen MR) is 88.5 cm³/mol. The van der Waals surface area contributed by atoms with E-state index in [1.165, 1.54) is 6.92 Å². The van der Waals surface area contributed by atoms with Gasteiger partial charge in [-0.3, -0.25) is 14.4 Å². The number of allylic oxidation sites excluding steroid dienone is 1. The van der Waals surface area contributed by atoms with Crippen molar-refractivity contribution in [2.75, 3.05) is 0 Å². The normalized spacial score (nSPS) is 22.6. The predicted octanol–water partition coefficient (Wildman–Crippen LogP) is 1.09. The van der Waals surface area contributed by atoms with Crippen LogP contribution in [0.5, 0.6) is 0 Å². The van der Waals surface area contributed by atoms with Gasteiger partial charge >= 0.3 is 0 Å². The Bertz CT molecular complexity index is 684. The maximum atomic E-state index is 12.6. The number of hydrogen-bond donors (Lipinski definition) is 2. The van der Waals surface area contributed by atoms with Crippen molar-refractivity contribution in [1.82, 2.24) is 15.5 Å². The van der Waals surface area contributed by atoms with E-state index in [1.54, 1.807) is 4.90 Å². The highest BCUT2D eigenvalue weighted by atomic mass is 16.2. The number of fused-ring (bicyclic) bond motifs is 1. The Kier molecular flexibility index (Phi) is 4.64. The molecule has 1 saturated heterocycles. The van der Waals surface area contributed by atoms with Crippen LogP contribution in [0.25, 0.3) is 0 Å². The number of carbonyl (C=O) groups is 3. The average Bonchev–Trinajstić information content (AvgIpc) is 3.01. The van der Waals surface area contributed by atoms with Crippen molar-refractivity contribution < 1.29 is 14.4 Å². The lowest BCUT2D eigenvalue weighted by molar-refractivity contribution is -0.140. The number of rotatable bonds is 4. The Hall–Kier alpha value is -2.63. The van der Waals surface area contributed by atoms with Gasteiger partial charge in [0.25, 0.3) is 0 Å². The standard InChI is InChI=1S/C18H21N3O3/c1-12(22)20-15-9-7-14-8-10-16(21(14)18(15)24)17(23)19-11-13-5-3-2-4-6-13/h2-7,15-16H,8-11H2,1H3,(H,19,23)(H,20,22). The number of carbonyl (C=O) groups excluding carboxylic acids is 3. The van der Waals surface area contributed by atoms with Crippen LogP contribution in [0.15, 0.2) is 42.1 Å². The molecule has 1 aromatic rings. The van der Waals surface area contributed by atoms with E-state index >= 15 is 0 Å². The first kappa shape index (κ1) is 16.2. The Labute approximate surface area is 140 Å². The first-order valence-electron chi connectivity index (χ1n) is 8.17. The van der Waals surface area contributed by atoms with E-state index in [9.17, 15) is 14.4 Å². The Morgan fingerprint density at radius 2 is 2.00 bits per heavy atom. The molecular weight excluding hydrogens is 306 g/mol. The fraction of sp³-hybridized carbons (Fsp3) is 0.389. The third-order valence-corrected chi connectivity index (χ3v) is 4.41. The molecule has 1 fully saturated rings. The molecule has 0 bridgehead atoms. The van der Waals surface area contributed by atoms with Gasteiger partial charge in [0.05, 0.1) is 0 Å².